The number of hydrogen-bond acceptors (Lipinski definition) is 4. The van der Waals surface area contributed by atoms with Crippen molar-refractivity contribution < 1.29 is 13.5 Å². The lowest BCUT2D eigenvalue weighted by Gasteiger charge is -2.22. The normalized spacial score (nSPS) is 14.9. The number of aliphatic hydroxyl groups excluding tert-OH is 1. The SMILES string of the molecule is CCN(CCCO)S(=O)(=O)c1ccc2c(c1)CCCN2. The molecule has 1 aliphatic rings. The van der Waals surface area contributed by atoms with Gasteiger partial charge in [0.2, 0.25) is 10.0 Å². The third kappa shape index (κ3) is 3.13. The lowest BCUT2D eigenvalue weighted by Crippen LogP contribution is -2.32. The Morgan fingerprint density at radius 1 is 1.40 bits per heavy atom. The standard InChI is InChI=1S/C14H22N2O3S/c1-2-16(9-4-10-17)20(18,19)13-6-7-14-12(11-13)5-3-8-15-14/h6-7,11,15,17H,2-5,8-10H2,1H3. The van der Waals surface area contributed by atoms with Crippen LogP contribution in [0.3, 0.4) is 0 Å². The summed E-state index contributed by atoms with van der Waals surface area (Å²) in [4.78, 5) is 0.347. The van der Waals surface area contributed by atoms with Crippen molar-refractivity contribution in [2.75, 3.05) is 31.6 Å². The Morgan fingerprint density at radius 2 is 2.20 bits per heavy atom. The fraction of sp³-hybridized carbons (Fsp3) is 0.571. The van der Waals surface area contributed by atoms with E-state index in [1.165, 1.54) is 4.31 Å². The first-order valence-electron chi connectivity index (χ1n) is 7.07. The highest BCUT2D eigenvalue weighted by molar-refractivity contribution is 7.89. The molecule has 112 valence electrons. The largest absolute Gasteiger partial charge is 0.396 e. The Kier molecular flexibility index (Phi) is 5.01. The lowest BCUT2D eigenvalue weighted by molar-refractivity contribution is 0.271. The van der Waals surface area contributed by atoms with Crippen LogP contribution in [0.2, 0.25) is 0 Å². The highest BCUT2D eigenvalue weighted by atomic mass is 32.2. The van der Waals surface area contributed by atoms with Crippen molar-refractivity contribution in [1.29, 1.82) is 0 Å². The minimum absolute atomic E-state index is 0.000127. The van der Waals surface area contributed by atoms with E-state index in [1.807, 2.05) is 13.0 Å². The smallest absolute Gasteiger partial charge is 0.243 e. The molecule has 0 aliphatic carbocycles. The maximum absolute atomic E-state index is 12.6. The van der Waals surface area contributed by atoms with Crippen LogP contribution in [0.15, 0.2) is 23.1 Å². The van der Waals surface area contributed by atoms with Crippen molar-refractivity contribution in [3.63, 3.8) is 0 Å². The van der Waals surface area contributed by atoms with Crippen LogP contribution in [0, 0.1) is 0 Å². The third-order valence-electron chi connectivity index (χ3n) is 3.57. The molecule has 0 unspecified atom stereocenters. The van der Waals surface area contributed by atoms with Gasteiger partial charge in [0, 0.05) is 31.9 Å². The van der Waals surface area contributed by atoms with Gasteiger partial charge in [-0.25, -0.2) is 8.42 Å². The van der Waals surface area contributed by atoms with E-state index in [-0.39, 0.29) is 6.61 Å². The van der Waals surface area contributed by atoms with Crippen molar-refractivity contribution in [3.05, 3.63) is 23.8 Å². The van der Waals surface area contributed by atoms with E-state index in [9.17, 15) is 8.42 Å². The number of hydrogen-bond donors (Lipinski definition) is 2. The molecule has 0 spiro atoms. The van der Waals surface area contributed by atoms with Gasteiger partial charge in [-0.1, -0.05) is 6.92 Å². The summed E-state index contributed by atoms with van der Waals surface area (Å²) in [6, 6.07) is 5.29. The second-order valence-corrected chi connectivity index (χ2v) is 6.86. The zero-order valence-corrected chi connectivity index (χ0v) is 12.6. The number of rotatable bonds is 6. The number of nitrogens with one attached hydrogen (secondary N) is 1. The van der Waals surface area contributed by atoms with Crippen LogP contribution in [0.25, 0.3) is 0 Å². The van der Waals surface area contributed by atoms with Gasteiger partial charge in [0.05, 0.1) is 4.90 Å². The van der Waals surface area contributed by atoms with Crippen LogP contribution in [0.5, 0.6) is 0 Å². The molecule has 0 atom stereocenters. The summed E-state index contributed by atoms with van der Waals surface area (Å²) in [5, 5.41) is 12.2. The summed E-state index contributed by atoms with van der Waals surface area (Å²) in [6.45, 7) is 3.52. The van der Waals surface area contributed by atoms with Crippen LogP contribution in [-0.2, 0) is 16.4 Å². The molecule has 1 aliphatic heterocycles. The molecule has 1 heterocycles. The van der Waals surface area contributed by atoms with Crippen molar-refractivity contribution in [1.82, 2.24) is 4.31 Å². The number of aliphatic hydroxyl groups is 1. The van der Waals surface area contributed by atoms with Crippen LogP contribution in [-0.4, -0.2) is 44.1 Å². The number of nitrogens with zero attached hydrogens (tertiary/aromatic N) is 1. The van der Waals surface area contributed by atoms with Crippen LogP contribution in [0.1, 0.15) is 25.3 Å². The molecular weight excluding hydrogens is 276 g/mol. The predicted molar refractivity (Wildman–Crippen MR) is 79.4 cm³/mol. The van der Waals surface area contributed by atoms with Gasteiger partial charge < -0.3 is 10.4 Å². The minimum Gasteiger partial charge on any atom is -0.396 e. The molecule has 0 radical (unpaired) electrons. The maximum atomic E-state index is 12.6. The zero-order valence-electron chi connectivity index (χ0n) is 11.8. The van der Waals surface area contributed by atoms with Crippen molar-refractivity contribution in [3.8, 4) is 0 Å². The second-order valence-electron chi connectivity index (χ2n) is 4.92. The van der Waals surface area contributed by atoms with Crippen molar-refractivity contribution in [2.24, 2.45) is 0 Å². The number of benzene rings is 1. The van der Waals surface area contributed by atoms with E-state index < -0.39 is 10.0 Å². The Bertz CT molecular complexity index is 558. The molecule has 0 aromatic heterocycles. The minimum atomic E-state index is -3.46. The van der Waals surface area contributed by atoms with Crippen molar-refractivity contribution >= 4 is 15.7 Å². The highest BCUT2D eigenvalue weighted by Gasteiger charge is 2.23. The molecule has 5 nitrogen and oxygen atoms in total. The zero-order chi connectivity index (χ0) is 14.6. The van der Waals surface area contributed by atoms with Crippen LogP contribution >= 0.6 is 0 Å². The fourth-order valence-electron chi connectivity index (χ4n) is 2.46. The fourth-order valence-corrected chi connectivity index (χ4v) is 3.99. The van der Waals surface area contributed by atoms with Gasteiger partial charge in [-0.3, -0.25) is 0 Å². The van der Waals surface area contributed by atoms with E-state index in [2.05, 4.69) is 5.32 Å². The number of sulfonamides is 1. The molecule has 1 aromatic rings. The average Bonchev–Trinajstić information content (AvgIpc) is 2.47. The molecule has 20 heavy (non-hydrogen) atoms. The topological polar surface area (TPSA) is 69.6 Å². The summed E-state index contributed by atoms with van der Waals surface area (Å²) < 4.78 is 26.6. The maximum Gasteiger partial charge on any atom is 0.243 e. The molecule has 6 heteroatoms. The Morgan fingerprint density at radius 3 is 2.90 bits per heavy atom. The molecule has 0 fully saturated rings. The van der Waals surface area contributed by atoms with Crippen LogP contribution in [0.4, 0.5) is 5.69 Å². The first-order valence-corrected chi connectivity index (χ1v) is 8.51. The van der Waals surface area contributed by atoms with Gasteiger partial charge in [0.1, 0.15) is 0 Å². The van der Waals surface area contributed by atoms with Gasteiger partial charge in [-0.05, 0) is 43.0 Å². The third-order valence-corrected chi connectivity index (χ3v) is 5.54. The highest BCUT2D eigenvalue weighted by Crippen LogP contribution is 2.26. The molecular formula is C14H22N2O3S. The van der Waals surface area contributed by atoms with E-state index in [1.54, 1.807) is 12.1 Å². The first-order chi connectivity index (χ1) is 9.59. The monoisotopic (exact) mass is 298 g/mol. The number of anilines is 1. The molecule has 0 saturated carbocycles. The molecule has 0 amide bonds. The summed E-state index contributed by atoms with van der Waals surface area (Å²) in [5.74, 6) is 0. The van der Waals surface area contributed by atoms with Gasteiger partial charge in [-0.2, -0.15) is 4.31 Å². The quantitative estimate of drug-likeness (QED) is 0.834. The predicted octanol–water partition coefficient (Wildman–Crippen LogP) is 1.44. The summed E-state index contributed by atoms with van der Waals surface area (Å²) >= 11 is 0. The van der Waals surface area contributed by atoms with Crippen LogP contribution < -0.4 is 5.32 Å². The molecule has 0 saturated heterocycles. The molecule has 1 aromatic carbocycles. The van der Waals surface area contributed by atoms with E-state index in [0.29, 0.717) is 24.4 Å². The Balaban J connectivity index is 2.28. The molecule has 2 N–H and O–H groups in total. The lowest BCUT2D eigenvalue weighted by atomic mass is 10.0. The average molecular weight is 298 g/mol. The van der Waals surface area contributed by atoms with Gasteiger partial charge >= 0.3 is 0 Å². The summed E-state index contributed by atoms with van der Waals surface area (Å²) in [5.41, 5.74) is 2.10. The number of aryl methyl sites for hydroxylation is 1. The summed E-state index contributed by atoms with van der Waals surface area (Å²) in [7, 11) is -3.46. The second kappa shape index (κ2) is 6.56. The summed E-state index contributed by atoms with van der Waals surface area (Å²) in [6.07, 6.45) is 2.40. The van der Waals surface area contributed by atoms with E-state index in [4.69, 9.17) is 5.11 Å². The molecule has 0 bridgehead atoms. The van der Waals surface area contributed by atoms with E-state index >= 15 is 0 Å². The van der Waals surface area contributed by atoms with Crippen molar-refractivity contribution in [2.45, 2.75) is 31.1 Å². The Hall–Kier alpha value is -1.11. The van der Waals surface area contributed by atoms with Gasteiger partial charge in [-0.15, -0.1) is 0 Å². The van der Waals surface area contributed by atoms with Gasteiger partial charge in [0.25, 0.3) is 0 Å². The molecule has 2 rings (SSSR count). The van der Waals surface area contributed by atoms with Gasteiger partial charge in [0.15, 0.2) is 0 Å². The number of fused-ring (bicyclic) bond motifs is 1. The van der Waals surface area contributed by atoms with E-state index in [0.717, 1.165) is 30.6 Å². The first kappa shape index (κ1) is 15.3. The Labute approximate surface area is 120 Å².